The number of carbonyl (C=O) groups is 3. The number of likely N-dealkylation sites (N-methyl/N-ethyl adjacent to an activating group) is 1. The summed E-state index contributed by atoms with van der Waals surface area (Å²) in [5.41, 5.74) is 2.45. The molecule has 1 rings (SSSR count). The van der Waals surface area contributed by atoms with Crippen molar-refractivity contribution in [2.75, 3.05) is 25.5 Å². The zero-order valence-corrected chi connectivity index (χ0v) is 16.7. The Balaban J connectivity index is 2.38. The molecule has 0 unspecified atom stereocenters. The normalized spacial score (nSPS) is 11.0. The first-order valence-corrected chi connectivity index (χ1v) is 8.90. The van der Waals surface area contributed by atoms with Crippen molar-refractivity contribution in [1.29, 1.82) is 0 Å². The minimum atomic E-state index is -0.438. The molecule has 6 nitrogen and oxygen atoms in total. The monoisotopic (exact) mass is 361 g/mol. The molecule has 144 valence electrons. The number of nitrogens with one attached hydrogen (secondary N) is 2. The van der Waals surface area contributed by atoms with Crippen LogP contribution < -0.4 is 10.6 Å². The Morgan fingerprint density at radius 3 is 2.38 bits per heavy atom. The standard InChI is InChI=1S/C20H31N3O3/c1-14-9-7-10-16(15(14)2)22-17(24)13-23(6)18(25)11-8-12-21-19(26)20(3,4)5/h7,9-10H,8,11-13H2,1-6H3,(H,21,26)(H,22,24). The Hall–Kier alpha value is -2.37. The van der Waals surface area contributed by atoms with Gasteiger partial charge in [0.2, 0.25) is 17.7 Å². The van der Waals surface area contributed by atoms with Gasteiger partial charge in [-0.2, -0.15) is 0 Å². The molecular weight excluding hydrogens is 330 g/mol. The van der Waals surface area contributed by atoms with E-state index in [2.05, 4.69) is 10.6 Å². The number of carbonyl (C=O) groups excluding carboxylic acids is 3. The Morgan fingerprint density at radius 2 is 1.77 bits per heavy atom. The highest BCUT2D eigenvalue weighted by molar-refractivity contribution is 5.95. The second-order valence-corrected chi connectivity index (χ2v) is 7.65. The lowest BCUT2D eigenvalue weighted by molar-refractivity contribution is -0.133. The van der Waals surface area contributed by atoms with Crippen molar-refractivity contribution in [2.24, 2.45) is 5.41 Å². The molecular formula is C20H31N3O3. The molecule has 0 atom stereocenters. The van der Waals surface area contributed by atoms with Crippen molar-refractivity contribution in [3.05, 3.63) is 29.3 Å². The summed E-state index contributed by atoms with van der Waals surface area (Å²) < 4.78 is 0. The van der Waals surface area contributed by atoms with Gasteiger partial charge in [0, 0.05) is 31.1 Å². The fourth-order valence-corrected chi connectivity index (χ4v) is 2.28. The SMILES string of the molecule is Cc1cccc(NC(=O)CN(C)C(=O)CCCNC(=O)C(C)(C)C)c1C. The number of nitrogens with zero attached hydrogens (tertiary/aromatic N) is 1. The average molecular weight is 361 g/mol. The molecule has 0 aromatic heterocycles. The van der Waals surface area contributed by atoms with E-state index in [0.29, 0.717) is 13.0 Å². The van der Waals surface area contributed by atoms with Crippen LogP contribution in [0.15, 0.2) is 18.2 Å². The largest absolute Gasteiger partial charge is 0.356 e. The maximum Gasteiger partial charge on any atom is 0.243 e. The molecule has 0 bridgehead atoms. The molecule has 1 aromatic rings. The number of benzene rings is 1. The maximum atomic E-state index is 12.2. The van der Waals surface area contributed by atoms with Gasteiger partial charge in [0.1, 0.15) is 0 Å². The molecule has 0 fully saturated rings. The second-order valence-electron chi connectivity index (χ2n) is 7.65. The van der Waals surface area contributed by atoms with Gasteiger partial charge >= 0.3 is 0 Å². The molecule has 0 aliphatic carbocycles. The van der Waals surface area contributed by atoms with Gasteiger partial charge in [-0.1, -0.05) is 32.9 Å². The predicted molar refractivity (Wildman–Crippen MR) is 104 cm³/mol. The number of amides is 3. The van der Waals surface area contributed by atoms with Crippen LogP contribution in [0.3, 0.4) is 0 Å². The van der Waals surface area contributed by atoms with E-state index in [1.165, 1.54) is 4.90 Å². The van der Waals surface area contributed by atoms with Gasteiger partial charge in [-0.25, -0.2) is 0 Å². The third kappa shape index (κ3) is 6.86. The van der Waals surface area contributed by atoms with E-state index in [4.69, 9.17) is 0 Å². The van der Waals surface area contributed by atoms with Gasteiger partial charge in [0.25, 0.3) is 0 Å². The Kier molecular flexibility index (Phi) is 7.80. The molecule has 1 aromatic carbocycles. The summed E-state index contributed by atoms with van der Waals surface area (Å²) in [6.07, 6.45) is 0.835. The summed E-state index contributed by atoms with van der Waals surface area (Å²) in [7, 11) is 1.61. The molecule has 0 heterocycles. The van der Waals surface area contributed by atoms with E-state index < -0.39 is 5.41 Å². The molecule has 0 aliphatic rings. The first-order chi connectivity index (χ1) is 12.0. The minimum Gasteiger partial charge on any atom is -0.356 e. The third-order valence-corrected chi connectivity index (χ3v) is 4.22. The van der Waals surface area contributed by atoms with Gasteiger partial charge in [-0.3, -0.25) is 14.4 Å². The number of hydrogen-bond donors (Lipinski definition) is 2. The zero-order valence-electron chi connectivity index (χ0n) is 16.7. The van der Waals surface area contributed by atoms with Crippen LogP contribution in [0.5, 0.6) is 0 Å². The fourth-order valence-electron chi connectivity index (χ4n) is 2.28. The number of hydrogen-bond acceptors (Lipinski definition) is 3. The van der Waals surface area contributed by atoms with Crippen LogP contribution >= 0.6 is 0 Å². The van der Waals surface area contributed by atoms with E-state index in [-0.39, 0.29) is 30.7 Å². The highest BCUT2D eigenvalue weighted by atomic mass is 16.2. The van der Waals surface area contributed by atoms with Gasteiger partial charge < -0.3 is 15.5 Å². The van der Waals surface area contributed by atoms with E-state index in [1.807, 2.05) is 52.8 Å². The van der Waals surface area contributed by atoms with Gasteiger partial charge in [0.05, 0.1) is 6.54 Å². The van der Waals surface area contributed by atoms with Crippen molar-refractivity contribution < 1.29 is 14.4 Å². The molecule has 2 N–H and O–H groups in total. The van der Waals surface area contributed by atoms with Gasteiger partial charge in [-0.15, -0.1) is 0 Å². The minimum absolute atomic E-state index is 0.000561. The van der Waals surface area contributed by atoms with E-state index in [1.54, 1.807) is 7.05 Å². The van der Waals surface area contributed by atoms with Crippen molar-refractivity contribution in [3.8, 4) is 0 Å². The van der Waals surface area contributed by atoms with Gasteiger partial charge in [-0.05, 0) is 37.5 Å². The van der Waals surface area contributed by atoms with Crippen LogP contribution in [-0.4, -0.2) is 42.8 Å². The van der Waals surface area contributed by atoms with Crippen LogP contribution in [0.1, 0.15) is 44.7 Å². The Bertz CT molecular complexity index is 663. The fraction of sp³-hybridized carbons (Fsp3) is 0.550. The quantitative estimate of drug-likeness (QED) is 0.733. The third-order valence-electron chi connectivity index (χ3n) is 4.22. The van der Waals surface area contributed by atoms with Crippen LogP contribution in [-0.2, 0) is 14.4 Å². The van der Waals surface area contributed by atoms with E-state index >= 15 is 0 Å². The summed E-state index contributed by atoms with van der Waals surface area (Å²) in [6.45, 7) is 9.91. The van der Waals surface area contributed by atoms with E-state index in [0.717, 1.165) is 16.8 Å². The molecule has 0 saturated carbocycles. The summed E-state index contributed by atoms with van der Waals surface area (Å²) in [5.74, 6) is -0.382. The summed E-state index contributed by atoms with van der Waals surface area (Å²) in [4.78, 5) is 37.4. The summed E-state index contributed by atoms with van der Waals surface area (Å²) in [6, 6.07) is 5.72. The molecule has 0 aliphatic heterocycles. The van der Waals surface area contributed by atoms with Crippen LogP contribution in [0, 0.1) is 19.3 Å². The molecule has 0 spiro atoms. The molecule has 3 amide bonds. The molecule has 0 saturated heterocycles. The first kappa shape index (κ1) is 21.7. The van der Waals surface area contributed by atoms with Crippen LogP contribution in [0.25, 0.3) is 0 Å². The summed E-state index contributed by atoms with van der Waals surface area (Å²) in [5, 5.41) is 5.66. The number of rotatable bonds is 7. The molecule has 0 radical (unpaired) electrons. The van der Waals surface area contributed by atoms with Crippen molar-refractivity contribution in [3.63, 3.8) is 0 Å². The highest BCUT2D eigenvalue weighted by Crippen LogP contribution is 2.17. The van der Waals surface area contributed by atoms with Crippen LogP contribution in [0.2, 0.25) is 0 Å². The molecule has 26 heavy (non-hydrogen) atoms. The average Bonchev–Trinajstić information content (AvgIpc) is 2.54. The lowest BCUT2D eigenvalue weighted by Gasteiger charge is -2.19. The maximum absolute atomic E-state index is 12.2. The lowest BCUT2D eigenvalue weighted by atomic mass is 9.96. The predicted octanol–water partition coefficient (Wildman–Crippen LogP) is 2.64. The van der Waals surface area contributed by atoms with Crippen molar-refractivity contribution in [1.82, 2.24) is 10.2 Å². The number of aryl methyl sites for hydroxylation is 1. The second kappa shape index (κ2) is 9.36. The number of anilines is 1. The first-order valence-electron chi connectivity index (χ1n) is 8.90. The highest BCUT2D eigenvalue weighted by Gasteiger charge is 2.20. The van der Waals surface area contributed by atoms with Crippen LogP contribution in [0.4, 0.5) is 5.69 Å². The van der Waals surface area contributed by atoms with Crippen molar-refractivity contribution in [2.45, 2.75) is 47.5 Å². The lowest BCUT2D eigenvalue weighted by Crippen LogP contribution is -2.37. The van der Waals surface area contributed by atoms with Crippen molar-refractivity contribution >= 4 is 23.4 Å². The van der Waals surface area contributed by atoms with Gasteiger partial charge in [0.15, 0.2) is 0 Å². The van der Waals surface area contributed by atoms with E-state index in [9.17, 15) is 14.4 Å². The smallest absolute Gasteiger partial charge is 0.243 e. The molecule has 6 heteroatoms. The summed E-state index contributed by atoms with van der Waals surface area (Å²) >= 11 is 0. The topological polar surface area (TPSA) is 78.5 Å². The Labute approximate surface area is 156 Å². The zero-order chi connectivity index (χ0) is 19.9. The Morgan fingerprint density at radius 1 is 1.12 bits per heavy atom.